The third kappa shape index (κ3) is 2.90. The van der Waals surface area contributed by atoms with Crippen molar-refractivity contribution in [1.82, 2.24) is 9.88 Å². The van der Waals surface area contributed by atoms with Crippen molar-refractivity contribution in [2.24, 2.45) is 0 Å². The molecular formula is C16H20N2O2. The lowest BCUT2D eigenvalue weighted by molar-refractivity contribution is 0.0764. The van der Waals surface area contributed by atoms with Crippen molar-refractivity contribution in [3.05, 3.63) is 46.2 Å². The van der Waals surface area contributed by atoms with E-state index in [0.29, 0.717) is 17.6 Å². The Hall–Kier alpha value is -2.10. The molecule has 0 saturated heterocycles. The Labute approximate surface area is 118 Å². The van der Waals surface area contributed by atoms with Gasteiger partial charge in [0, 0.05) is 30.1 Å². The summed E-state index contributed by atoms with van der Waals surface area (Å²) in [6.07, 6.45) is 2.01. The fourth-order valence-corrected chi connectivity index (χ4v) is 2.30. The molecule has 0 bridgehead atoms. The smallest absolute Gasteiger partial charge is 0.254 e. The predicted molar refractivity (Wildman–Crippen MR) is 81.1 cm³/mol. The fraction of sp³-hybridized carbons (Fsp3) is 0.375. The van der Waals surface area contributed by atoms with E-state index in [2.05, 4.69) is 11.9 Å². The van der Waals surface area contributed by atoms with Gasteiger partial charge in [0.1, 0.15) is 0 Å². The van der Waals surface area contributed by atoms with Crippen LogP contribution in [-0.2, 0) is 0 Å². The summed E-state index contributed by atoms with van der Waals surface area (Å²) in [6.45, 7) is 5.44. The molecule has 1 N–H and O–H groups in total. The minimum atomic E-state index is -0.237. The van der Waals surface area contributed by atoms with Gasteiger partial charge in [0.25, 0.3) is 5.91 Å². The van der Waals surface area contributed by atoms with E-state index < -0.39 is 0 Å². The lowest BCUT2D eigenvalue weighted by Crippen LogP contribution is -2.32. The van der Waals surface area contributed by atoms with Crippen LogP contribution in [0.4, 0.5) is 0 Å². The van der Waals surface area contributed by atoms with Crippen LogP contribution in [-0.4, -0.2) is 28.9 Å². The zero-order valence-corrected chi connectivity index (χ0v) is 12.0. The van der Waals surface area contributed by atoms with Gasteiger partial charge in [-0.15, -0.1) is 0 Å². The molecule has 106 valence electrons. The molecule has 0 unspecified atom stereocenters. The van der Waals surface area contributed by atoms with Crippen molar-refractivity contribution in [2.75, 3.05) is 13.1 Å². The standard InChI is InChI=1S/C16H20N2O2/c1-3-5-10-18(4-2)16(20)13-11-15(19)17-14-9-7-6-8-12(13)14/h6-9,11H,3-5,10H2,1-2H3,(H,17,19). The van der Waals surface area contributed by atoms with E-state index in [0.717, 1.165) is 24.8 Å². The van der Waals surface area contributed by atoms with Crippen LogP contribution in [0.15, 0.2) is 35.1 Å². The van der Waals surface area contributed by atoms with E-state index in [9.17, 15) is 9.59 Å². The molecule has 1 heterocycles. The van der Waals surface area contributed by atoms with Crippen molar-refractivity contribution >= 4 is 16.8 Å². The van der Waals surface area contributed by atoms with Crippen LogP contribution >= 0.6 is 0 Å². The van der Waals surface area contributed by atoms with Gasteiger partial charge in [-0.05, 0) is 19.4 Å². The number of amides is 1. The largest absolute Gasteiger partial charge is 0.339 e. The first-order chi connectivity index (χ1) is 9.67. The number of nitrogens with one attached hydrogen (secondary N) is 1. The van der Waals surface area contributed by atoms with E-state index >= 15 is 0 Å². The van der Waals surface area contributed by atoms with Crippen LogP contribution in [0.1, 0.15) is 37.0 Å². The molecule has 1 aromatic carbocycles. The number of pyridine rings is 1. The number of fused-ring (bicyclic) bond motifs is 1. The van der Waals surface area contributed by atoms with Crippen molar-refractivity contribution in [3.8, 4) is 0 Å². The third-order valence-electron chi connectivity index (χ3n) is 3.43. The van der Waals surface area contributed by atoms with Crippen LogP contribution in [0.3, 0.4) is 0 Å². The predicted octanol–water partition coefficient (Wildman–Crippen LogP) is 2.79. The van der Waals surface area contributed by atoms with E-state index in [1.807, 2.05) is 31.2 Å². The van der Waals surface area contributed by atoms with Crippen LogP contribution in [0, 0.1) is 0 Å². The summed E-state index contributed by atoms with van der Waals surface area (Å²) in [5.74, 6) is -0.0664. The number of H-pyrrole nitrogens is 1. The maximum atomic E-state index is 12.6. The van der Waals surface area contributed by atoms with Gasteiger partial charge in [-0.2, -0.15) is 0 Å². The number of aromatic nitrogens is 1. The normalized spacial score (nSPS) is 10.7. The summed E-state index contributed by atoms with van der Waals surface area (Å²) in [5, 5.41) is 0.798. The molecule has 4 heteroatoms. The highest BCUT2D eigenvalue weighted by atomic mass is 16.2. The molecule has 0 aliphatic rings. The molecule has 0 fully saturated rings. The van der Waals surface area contributed by atoms with Crippen molar-refractivity contribution < 1.29 is 4.79 Å². The molecule has 20 heavy (non-hydrogen) atoms. The molecule has 0 saturated carbocycles. The molecule has 2 aromatic rings. The van der Waals surface area contributed by atoms with Gasteiger partial charge in [-0.3, -0.25) is 9.59 Å². The number of benzene rings is 1. The molecular weight excluding hydrogens is 252 g/mol. The van der Waals surface area contributed by atoms with Crippen molar-refractivity contribution in [1.29, 1.82) is 0 Å². The summed E-state index contributed by atoms with van der Waals surface area (Å²) >= 11 is 0. The van der Waals surface area contributed by atoms with Gasteiger partial charge < -0.3 is 9.88 Å². The van der Waals surface area contributed by atoms with Crippen LogP contribution in [0.25, 0.3) is 10.9 Å². The maximum absolute atomic E-state index is 12.6. The topological polar surface area (TPSA) is 53.2 Å². The number of carbonyl (C=O) groups is 1. The van der Waals surface area contributed by atoms with Gasteiger partial charge in [0.2, 0.25) is 5.56 Å². The average molecular weight is 272 g/mol. The Balaban J connectivity index is 2.45. The molecule has 1 aromatic heterocycles. The second kappa shape index (κ2) is 6.37. The average Bonchev–Trinajstić information content (AvgIpc) is 2.46. The lowest BCUT2D eigenvalue weighted by atomic mass is 10.1. The van der Waals surface area contributed by atoms with Crippen LogP contribution < -0.4 is 5.56 Å². The van der Waals surface area contributed by atoms with Gasteiger partial charge in [-0.25, -0.2) is 0 Å². The van der Waals surface area contributed by atoms with E-state index in [1.54, 1.807) is 4.90 Å². The Kier molecular flexibility index (Phi) is 4.56. The number of aromatic amines is 1. The number of carbonyl (C=O) groups excluding carboxylic acids is 1. The van der Waals surface area contributed by atoms with Gasteiger partial charge >= 0.3 is 0 Å². The third-order valence-corrected chi connectivity index (χ3v) is 3.43. The first-order valence-corrected chi connectivity index (χ1v) is 7.08. The quantitative estimate of drug-likeness (QED) is 0.910. The monoisotopic (exact) mass is 272 g/mol. The number of hydrogen-bond donors (Lipinski definition) is 1. The lowest BCUT2D eigenvalue weighted by Gasteiger charge is -2.21. The first-order valence-electron chi connectivity index (χ1n) is 7.08. The van der Waals surface area contributed by atoms with Gasteiger partial charge in [-0.1, -0.05) is 31.5 Å². The zero-order chi connectivity index (χ0) is 14.5. The molecule has 0 spiro atoms. The maximum Gasteiger partial charge on any atom is 0.254 e. The Morgan fingerprint density at radius 3 is 2.70 bits per heavy atom. The van der Waals surface area contributed by atoms with Crippen molar-refractivity contribution in [3.63, 3.8) is 0 Å². The molecule has 0 atom stereocenters. The SMILES string of the molecule is CCCCN(CC)C(=O)c1cc(=O)[nH]c2ccccc12. The van der Waals surface area contributed by atoms with Gasteiger partial charge in [0.15, 0.2) is 0 Å². The number of rotatable bonds is 5. The Morgan fingerprint density at radius 1 is 1.25 bits per heavy atom. The Bertz CT molecular complexity index is 661. The number of unbranched alkanes of at least 4 members (excludes halogenated alkanes) is 1. The highest BCUT2D eigenvalue weighted by Gasteiger charge is 2.17. The van der Waals surface area contributed by atoms with Gasteiger partial charge in [0.05, 0.1) is 5.56 Å². The molecule has 0 radical (unpaired) electrons. The minimum absolute atomic E-state index is 0.0664. The molecule has 2 rings (SSSR count). The minimum Gasteiger partial charge on any atom is -0.339 e. The summed E-state index contributed by atoms with van der Waals surface area (Å²) in [7, 11) is 0. The van der Waals surface area contributed by atoms with E-state index in [1.165, 1.54) is 6.07 Å². The number of para-hydroxylation sites is 1. The summed E-state index contributed by atoms with van der Waals surface area (Å²) < 4.78 is 0. The fourth-order valence-electron chi connectivity index (χ4n) is 2.30. The molecule has 0 aliphatic carbocycles. The number of nitrogens with zero attached hydrogens (tertiary/aromatic N) is 1. The summed E-state index contributed by atoms with van der Waals surface area (Å²) in [5.41, 5.74) is 0.954. The van der Waals surface area contributed by atoms with E-state index in [4.69, 9.17) is 0 Å². The highest BCUT2D eigenvalue weighted by molar-refractivity contribution is 6.05. The zero-order valence-electron chi connectivity index (χ0n) is 12.0. The number of hydrogen-bond acceptors (Lipinski definition) is 2. The highest BCUT2D eigenvalue weighted by Crippen LogP contribution is 2.16. The summed E-state index contributed by atoms with van der Waals surface area (Å²) in [6, 6.07) is 8.81. The molecule has 1 amide bonds. The van der Waals surface area contributed by atoms with Crippen molar-refractivity contribution in [2.45, 2.75) is 26.7 Å². The molecule has 0 aliphatic heterocycles. The first kappa shape index (κ1) is 14.3. The van der Waals surface area contributed by atoms with E-state index in [-0.39, 0.29) is 11.5 Å². The Morgan fingerprint density at radius 2 is 2.00 bits per heavy atom. The van der Waals surface area contributed by atoms with Crippen LogP contribution in [0.2, 0.25) is 0 Å². The summed E-state index contributed by atoms with van der Waals surface area (Å²) in [4.78, 5) is 28.9. The van der Waals surface area contributed by atoms with Crippen LogP contribution in [0.5, 0.6) is 0 Å². The second-order valence-electron chi connectivity index (χ2n) is 4.83. The second-order valence-corrected chi connectivity index (χ2v) is 4.83. The molecule has 4 nitrogen and oxygen atoms in total.